The molecule has 1 amide bonds. The molecule has 150 valence electrons. The van der Waals surface area contributed by atoms with Crippen molar-refractivity contribution in [3.8, 4) is 11.4 Å². The smallest absolute Gasteiger partial charge is 0.325 e. The van der Waals surface area contributed by atoms with Gasteiger partial charge in [-0.15, -0.1) is 11.3 Å². The number of benzene rings is 1. The van der Waals surface area contributed by atoms with Crippen LogP contribution in [0.5, 0.6) is 0 Å². The van der Waals surface area contributed by atoms with Crippen molar-refractivity contribution in [1.82, 2.24) is 15.0 Å². The molecular weight excluding hydrogens is 397 g/mol. The number of thiazole rings is 1. The molecule has 29 heavy (non-hydrogen) atoms. The Bertz CT molecular complexity index is 1010. The van der Waals surface area contributed by atoms with Gasteiger partial charge in [-0.3, -0.25) is 14.5 Å². The number of carbonyl (C=O) groups is 2. The summed E-state index contributed by atoms with van der Waals surface area (Å²) in [6.07, 6.45) is 1.36. The predicted octanol–water partition coefficient (Wildman–Crippen LogP) is 2.99. The van der Waals surface area contributed by atoms with Gasteiger partial charge < -0.3 is 10.1 Å². The minimum absolute atomic E-state index is 0.0124. The molecule has 0 bridgehead atoms. The highest BCUT2D eigenvalue weighted by atomic mass is 32.1. The molecule has 0 radical (unpaired) electrons. The van der Waals surface area contributed by atoms with Gasteiger partial charge in [-0.2, -0.15) is 0 Å². The SMILES string of the molecule is CCOC(=O)CNc1cc(-c2csc(N(C)C(=O)c3ccc(F)cc3)n2)ncn1. The van der Waals surface area contributed by atoms with Crippen molar-refractivity contribution in [2.75, 3.05) is 30.4 Å². The molecule has 3 rings (SSSR count). The average molecular weight is 415 g/mol. The second-order valence-corrected chi connectivity index (χ2v) is 6.67. The average Bonchev–Trinajstić information content (AvgIpc) is 3.22. The minimum Gasteiger partial charge on any atom is -0.465 e. The quantitative estimate of drug-likeness (QED) is 0.593. The first-order chi connectivity index (χ1) is 14.0. The molecule has 0 spiro atoms. The van der Waals surface area contributed by atoms with E-state index in [-0.39, 0.29) is 18.4 Å². The standard InChI is InChI=1S/C19H18FN5O3S/c1-3-28-17(26)9-21-16-8-14(22-11-23-16)15-10-29-19(24-15)25(2)18(27)12-4-6-13(20)7-5-12/h4-8,10-11H,3,9H2,1-2H3,(H,21,22,23). The third-order valence-corrected chi connectivity index (χ3v) is 4.74. The van der Waals surface area contributed by atoms with E-state index in [0.29, 0.717) is 34.5 Å². The van der Waals surface area contributed by atoms with Gasteiger partial charge in [0.1, 0.15) is 30.2 Å². The van der Waals surface area contributed by atoms with E-state index in [1.54, 1.807) is 25.4 Å². The molecule has 2 heterocycles. The third kappa shape index (κ3) is 5.11. The van der Waals surface area contributed by atoms with Crippen LogP contribution in [0.2, 0.25) is 0 Å². The number of hydrogen-bond donors (Lipinski definition) is 1. The molecule has 8 nitrogen and oxygen atoms in total. The van der Waals surface area contributed by atoms with Crippen molar-refractivity contribution in [2.24, 2.45) is 0 Å². The first kappa shape index (κ1) is 20.3. The summed E-state index contributed by atoms with van der Waals surface area (Å²) in [5.74, 6) is -0.639. The monoisotopic (exact) mass is 415 g/mol. The maximum absolute atomic E-state index is 13.1. The molecule has 1 N–H and O–H groups in total. The van der Waals surface area contributed by atoms with Crippen LogP contribution >= 0.6 is 11.3 Å². The van der Waals surface area contributed by atoms with Gasteiger partial charge in [-0.05, 0) is 31.2 Å². The number of hydrogen-bond acceptors (Lipinski definition) is 8. The van der Waals surface area contributed by atoms with E-state index in [4.69, 9.17) is 4.74 Å². The lowest BCUT2D eigenvalue weighted by molar-refractivity contribution is -0.140. The van der Waals surface area contributed by atoms with E-state index in [2.05, 4.69) is 20.3 Å². The van der Waals surface area contributed by atoms with Gasteiger partial charge >= 0.3 is 5.97 Å². The highest BCUT2D eigenvalue weighted by molar-refractivity contribution is 7.14. The fourth-order valence-electron chi connectivity index (χ4n) is 2.38. The second kappa shape index (κ2) is 9.20. The number of anilines is 2. The van der Waals surface area contributed by atoms with Gasteiger partial charge in [0.15, 0.2) is 5.13 Å². The van der Waals surface area contributed by atoms with Crippen molar-refractivity contribution >= 4 is 34.2 Å². The minimum atomic E-state index is -0.406. The number of esters is 1. The molecule has 0 fully saturated rings. The van der Waals surface area contributed by atoms with Gasteiger partial charge in [-0.25, -0.2) is 19.3 Å². The van der Waals surface area contributed by atoms with E-state index in [0.717, 1.165) is 0 Å². The van der Waals surface area contributed by atoms with Crippen molar-refractivity contribution in [1.29, 1.82) is 0 Å². The van der Waals surface area contributed by atoms with E-state index >= 15 is 0 Å². The van der Waals surface area contributed by atoms with E-state index in [1.807, 2.05) is 0 Å². The predicted molar refractivity (Wildman–Crippen MR) is 107 cm³/mol. The van der Waals surface area contributed by atoms with Crippen LogP contribution in [0.15, 0.2) is 42.0 Å². The summed E-state index contributed by atoms with van der Waals surface area (Å²) in [4.78, 5) is 38.1. The first-order valence-corrected chi connectivity index (χ1v) is 9.57. The van der Waals surface area contributed by atoms with Gasteiger partial charge in [0.05, 0.1) is 12.3 Å². The molecule has 2 aromatic heterocycles. The normalized spacial score (nSPS) is 10.4. The Morgan fingerprint density at radius 1 is 1.21 bits per heavy atom. The van der Waals surface area contributed by atoms with Gasteiger partial charge in [0, 0.05) is 24.1 Å². The molecule has 0 aliphatic rings. The summed E-state index contributed by atoms with van der Waals surface area (Å²) in [7, 11) is 1.60. The van der Waals surface area contributed by atoms with E-state index in [1.165, 1.54) is 46.8 Å². The van der Waals surface area contributed by atoms with E-state index < -0.39 is 5.82 Å². The fourth-order valence-corrected chi connectivity index (χ4v) is 3.16. The molecule has 0 unspecified atom stereocenters. The molecule has 0 aliphatic heterocycles. The van der Waals surface area contributed by atoms with Crippen LogP contribution in [0.3, 0.4) is 0 Å². The zero-order chi connectivity index (χ0) is 20.8. The summed E-state index contributed by atoms with van der Waals surface area (Å²) >= 11 is 1.27. The molecule has 10 heteroatoms. The van der Waals surface area contributed by atoms with Crippen molar-refractivity contribution in [3.63, 3.8) is 0 Å². The van der Waals surface area contributed by atoms with Gasteiger partial charge in [-0.1, -0.05) is 0 Å². The molecule has 0 aliphatic carbocycles. The molecule has 0 atom stereocenters. The number of amides is 1. The van der Waals surface area contributed by atoms with Crippen LogP contribution in [-0.4, -0.2) is 47.0 Å². The number of carbonyl (C=O) groups excluding carboxylic acids is 2. The lowest BCUT2D eigenvalue weighted by atomic mass is 10.2. The van der Waals surface area contributed by atoms with Crippen molar-refractivity contribution in [2.45, 2.75) is 6.92 Å². The summed E-state index contributed by atoms with van der Waals surface area (Å²) in [5, 5.41) is 5.10. The fraction of sp³-hybridized carbons (Fsp3) is 0.211. The lowest BCUT2D eigenvalue weighted by Gasteiger charge is -2.13. The summed E-state index contributed by atoms with van der Waals surface area (Å²) in [6, 6.07) is 6.98. The Hall–Kier alpha value is -3.40. The summed E-state index contributed by atoms with van der Waals surface area (Å²) in [6.45, 7) is 2.03. The van der Waals surface area contributed by atoms with Gasteiger partial charge in [0.25, 0.3) is 5.91 Å². The Balaban J connectivity index is 1.72. The third-order valence-electron chi connectivity index (χ3n) is 3.82. The number of halogens is 1. The van der Waals surface area contributed by atoms with Crippen LogP contribution in [-0.2, 0) is 9.53 Å². The lowest BCUT2D eigenvalue weighted by Crippen LogP contribution is -2.26. The summed E-state index contributed by atoms with van der Waals surface area (Å²) < 4.78 is 17.9. The number of aromatic nitrogens is 3. The van der Waals surface area contributed by atoms with Crippen LogP contribution < -0.4 is 10.2 Å². The van der Waals surface area contributed by atoms with Crippen molar-refractivity contribution < 1.29 is 18.7 Å². The number of nitrogens with one attached hydrogen (secondary N) is 1. The molecule has 1 aromatic carbocycles. The van der Waals surface area contributed by atoms with Crippen molar-refractivity contribution in [3.05, 3.63) is 53.4 Å². The number of ether oxygens (including phenoxy) is 1. The molecule has 0 saturated heterocycles. The summed E-state index contributed by atoms with van der Waals surface area (Å²) in [5.41, 5.74) is 1.46. The van der Waals surface area contributed by atoms with E-state index in [9.17, 15) is 14.0 Å². The highest BCUT2D eigenvalue weighted by Crippen LogP contribution is 2.27. The van der Waals surface area contributed by atoms with Crippen LogP contribution in [0, 0.1) is 5.82 Å². The Morgan fingerprint density at radius 3 is 2.69 bits per heavy atom. The highest BCUT2D eigenvalue weighted by Gasteiger charge is 2.18. The topological polar surface area (TPSA) is 97.3 Å². The Morgan fingerprint density at radius 2 is 1.97 bits per heavy atom. The Labute approximate surface area is 170 Å². The number of rotatable bonds is 7. The second-order valence-electron chi connectivity index (χ2n) is 5.83. The first-order valence-electron chi connectivity index (χ1n) is 8.69. The zero-order valence-electron chi connectivity index (χ0n) is 15.8. The van der Waals surface area contributed by atoms with Crippen LogP contribution in [0.1, 0.15) is 17.3 Å². The maximum Gasteiger partial charge on any atom is 0.325 e. The molecular formula is C19H18FN5O3S. The maximum atomic E-state index is 13.1. The Kier molecular flexibility index (Phi) is 6.45. The largest absolute Gasteiger partial charge is 0.465 e. The zero-order valence-corrected chi connectivity index (χ0v) is 16.6. The van der Waals surface area contributed by atoms with Gasteiger partial charge in [0.2, 0.25) is 0 Å². The molecule has 0 saturated carbocycles. The molecule has 3 aromatic rings. The number of nitrogens with zero attached hydrogens (tertiary/aromatic N) is 4. The van der Waals surface area contributed by atoms with Crippen LogP contribution in [0.25, 0.3) is 11.4 Å². The van der Waals surface area contributed by atoms with Crippen LogP contribution in [0.4, 0.5) is 15.3 Å².